The van der Waals surface area contributed by atoms with Gasteiger partial charge in [0, 0.05) is 105 Å². The lowest BCUT2D eigenvalue weighted by Gasteiger charge is -2.36. The van der Waals surface area contributed by atoms with Gasteiger partial charge in [-0.25, -0.2) is 10.4 Å². The number of benzene rings is 1. The number of nitrogens with one attached hydrogen (secondary N) is 2. The van der Waals surface area contributed by atoms with Crippen LogP contribution in [0.2, 0.25) is 0 Å². The number of aryl methyl sites for hydroxylation is 1. The largest absolute Gasteiger partial charge is 0.464 e. The molecule has 3 aromatic heterocycles. The van der Waals surface area contributed by atoms with E-state index in [0.717, 1.165) is 69.9 Å². The number of aromatic nitrogens is 3. The Kier molecular flexibility index (Phi) is 23.6. The molecule has 2 N–H and O–H groups in total. The molecule has 2 saturated heterocycles. The zero-order valence-corrected chi connectivity index (χ0v) is 50.0. The normalized spacial score (nSPS) is 20.4. The van der Waals surface area contributed by atoms with E-state index in [1.807, 2.05) is 19.2 Å². The molecule has 6 bridgehead atoms. The highest BCUT2D eigenvalue weighted by Crippen LogP contribution is 2.43. The summed E-state index contributed by atoms with van der Waals surface area (Å²) in [4.78, 5) is 85.3. The average molecular weight is 1130 g/mol. The smallest absolute Gasteiger partial charge is 0.324 e. The summed E-state index contributed by atoms with van der Waals surface area (Å²) in [5, 5.41) is 8.15. The third kappa shape index (κ3) is 13.5. The molecule has 7 heterocycles. The van der Waals surface area contributed by atoms with E-state index in [4.69, 9.17) is 19.4 Å². The number of amides is 4. The third-order valence-corrected chi connectivity index (χ3v) is 15.3. The van der Waals surface area contributed by atoms with Gasteiger partial charge in [-0.15, -0.1) is 11.3 Å². The van der Waals surface area contributed by atoms with Crippen LogP contribution in [0, 0.1) is 17.3 Å². The Morgan fingerprint density at radius 3 is 2.46 bits per heavy atom. The van der Waals surface area contributed by atoms with Crippen LogP contribution in [0.15, 0.2) is 42.3 Å². The molecule has 0 radical (unpaired) electrons. The summed E-state index contributed by atoms with van der Waals surface area (Å²) in [7, 11) is 5.47. The summed E-state index contributed by atoms with van der Waals surface area (Å²) in [6.07, 6.45) is 3.98. The zero-order valence-electron chi connectivity index (χ0n) is 44.2. The maximum Gasteiger partial charge on any atom is 0.324 e. The molecule has 0 aliphatic carbocycles. The zero-order chi connectivity index (χ0) is 49.5. The minimum absolute atomic E-state index is 0. The number of pyridine rings is 1. The summed E-state index contributed by atoms with van der Waals surface area (Å²) in [5.74, 6) is -2.62. The summed E-state index contributed by atoms with van der Waals surface area (Å²) in [5.41, 5.74) is 11.8. The van der Waals surface area contributed by atoms with Crippen LogP contribution in [0.25, 0.3) is 33.4 Å². The molecular formula is C52H79N9O7S6. The number of methoxy groups -OCH3 is 1. The standard InChI is InChI=1S/C52H69N9O7S.5H2S/c1-11-44(62)59-21-17-33(27-59)49(64)58(9)46(30(3)4)48(63)55-40-24-43-53-41(28-69-43)32-15-16-42-35(22-32)37(25-52(6,7)29-68-51(66)39-14-13-19-61(56-39)50(40)65)47(60(42)12-2)36-23-34-26-57(8)20-18-38(34)54-45(36)31(5)67-10;;;;;/h11,15-16,22-23,28,30-31,33,39-40,46,56H,1,12-14,17-21,24-27,29H2,2-10H3,(H,55,63);5*1H2/t31-,33-,39-,40-,46-;;;;;/m0...../s1. The van der Waals surface area contributed by atoms with Crippen molar-refractivity contribution in [3.63, 3.8) is 0 Å². The van der Waals surface area contributed by atoms with E-state index in [2.05, 4.69) is 85.8 Å². The van der Waals surface area contributed by atoms with Crippen molar-refractivity contribution >= 4 is 119 Å². The van der Waals surface area contributed by atoms with Crippen molar-refractivity contribution in [2.75, 3.05) is 54.0 Å². The van der Waals surface area contributed by atoms with Crippen LogP contribution in [-0.4, -0.2) is 136 Å². The van der Waals surface area contributed by atoms with E-state index in [0.29, 0.717) is 50.3 Å². The number of hydrogen-bond donors (Lipinski definition) is 2. The molecule has 8 rings (SSSR count). The first kappa shape index (κ1) is 64.5. The van der Waals surface area contributed by atoms with Crippen LogP contribution in [-0.2, 0) is 65.8 Å². The maximum absolute atomic E-state index is 14.7. The molecule has 4 aliphatic heterocycles. The average Bonchev–Trinajstić information content (AvgIpc) is 4.09. The monoisotopic (exact) mass is 1130 g/mol. The lowest BCUT2D eigenvalue weighted by Crippen LogP contribution is -2.62. The Bertz CT molecular complexity index is 2660. The first-order valence-corrected chi connectivity index (χ1v) is 25.4. The van der Waals surface area contributed by atoms with Crippen LogP contribution in [0.4, 0.5) is 0 Å². The lowest BCUT2D eigenvalue weighted by atomic mass is 9.84. The molecule has 74 heavy (non-hydrogen) atoms. The van der Waals surface area contributed by atoms with Gasteiger partial charge in [-0.1, -0.05) is 40.3 Å². The lowest BCUT2D eigenvalue weighted by molar-refractivity contribution is -0.155. The summed E-state index contributed by atoms with van der Waals surface area (Å²) in [6.45, 7) is 19.3. The fourth-order valence-electron chi connectivity index (χ4n) is 10.6. The summed E-state index contributed by atoms with van der Waals surface area (Å²) in [6, 6.07) is 5.97. The van der Waals surface area contributed by atoms with Crippen molar-refractivity contribution in [1.82, 2.24) is 45.0 Å². The van der Waals surface area contributed by atoms with E-state index in [1.54, 1.807) is 19.1 Å². The highest BCUT2D eigenvalue weighted by atomic mass is 32.1. The predicted molar refractivity (Wildman–Crippen MR) is 318 cm³/mol. The van der Waals surface area contributed by atoms with Crippen LogP contribution in [0.5, 0.6) is 0 Å². The number of fused-ring (bicyclic) bond motifs is 7. The molecule has 410 valence electrons. The Hall–Kier alpha value is -3.74. The number of hydrogen-bond acceptors (Lipinski definition) is 12. The maximum atomic E-state index is 14.7. The molecule has 1 aromatic carbocycles. The first-order valence-electron chi connectivity index (χ1n) is 24.5. The van der Waals surface area contributed by atoms with Gasteiger partial charge in [-0.2, -0.15) is 67.5 Å². The van der Waals surface area contributed by atoms with Gasteiger partial charge < -0.3 is 34.1 Å². The van der Waals surface area contributed by atoms with Crippen LogP contribution in [0.3, 0.4) is 0 Å². The number of carbonyl (C=O) groups excluding carboxylic acids is 5. The van der Waals surface area contributed by atoms with Gasteiger partial charge in [0.05, 0.1) is 40.7 Å². The molecule has 0 spiro atoms. The number of nitrogens with zero attached hydrogens (tertiary/aromatic N) is 7. The van der Waals surface area contributed by atoms with E-state index < -0.39 is 47.2 Å². The van der Waals surface area contributed by atoms with Gasteiger partial charge in [0.2, 0.25) is 17.7 Å². The fourth-order valence-corrected chi connectivity index (χ4v) is 11.5. The minimum atomic E-state index is -1.09. The van der Waals surface area contributed by atoms with E-state index in [1.165, 1.54) is 32.9 Å². The van der Waals surface area contributed by atoms with E-state index in [-0.39, 0.29) is 111 Å². The van der Waals surface area contributed by atoms with Gasteiger partial charge in [-0.05, 0) is 87.9 Å². The van der Waals surface area contributed by atoms with Crippen LogP contribution < -0.4 is 10.7 Å². The number of cyclic esters (lactones) is 1. The molecule has 0 unspecified atom stereocenters. The number of rotatable bonds is 10. The number of thiazole rings is 1. The molecule has 2 fully saturated rings. The molecular weight excluding hydrogens is 1060 g/mol. The van der Waals surface area contributed by atoms with Crippen molar-refractivity contribution in [2.24, 2.45) is 17.3 Å². The second kappa shape index (κ2) is 27.0. The van der Waals surface area contributed by atoms with Crippen LogP contribution in [0.1, 0.15) is 94.4 Å². The molecule has 4 amide bonds. The number of esters is 1. The molecule has 16 nitrogen and oxygen atoms in total. The van der Waals surface area contributed by atoms with E-state index in [9.17, 15) is 24.0 Å². The van der Waals surface area contributed by atoms with Crippen molar-refractivity contribution in [3.8, 4) is 22.5 Å². The van der Waals surface area contributed by atoms with E-state index >= 15 is 0 Å². The quantitative estimate of drug-likeness (QED) is 0.136. The summed E-state index contributed by atoms with van der Waals surface area (Å²) >= 11 is 1.41. The van der Waals surface area contributed by atoms with Crippen molar-refractivity contribution in [2.45, 2.75) is 117 Å². The number of likely N-dealkylation sites (N-methyl/N-ethyl adjacent to an activating group) is 2. The second-order valence-corrected chi connectivity index (χ2v) is 21.4. The highest BCUT2D eigenvalue weighted by molar-refractivity contribution is 7.60. The Balaban J connectivity index is 0.00000289. The molecule has 4 aromatic rings. The number of likely N-dealkylation sites (tertiary alicyclic amines) is 1. The van der Waals surface area contributed by atoms with Crippen molar-refractivity contribution in [3.05, 3.63) is 69.8 Å². The predicted octanol–water partition coefficient (Wildman–Crippen LogP) is 6.27. The first-order chi connectivity index (χ1) is 32.9. The number of ether oxygens (including phenoxy) is 2. The fraction of sp³-hybridized carbons (Fsp3) is 0.558. The van der Waals surface area contributed by atoms with Crippen molar-refractivity contribution in [1.29, 1.82) is 0 Å². The molecule has 5 atom stereocenters. The number of hydrazine groups is 1. The molecule has 4 aliphatic rings. The SMILES string of the molecule is C=CC(=O)N1CC[C@H](C(=O)N(C)[C@H](C(=O)N[C@H]2Cc3nc(cs3)-c3ccc4c(c3)c(c(-c3cc5c(nc3[C@H](C)OC)CCN(C)C5)n4CC)CC(C)(C)COC(=O)[C@@H]3CCCN(N3)C2=O)C(C)C)C1.S.S.S.S.S. The number of carbonyl (C=O) groups is 5. The molecule has 0 saturated carbocycles. The van der Waals surface area contributed by atoms with Crippen molar-refractivity contribution < 1.29 is 33.4 Å². The summed E-state index contributed by atoms with van der Waals surface area (Å²) < 4.78 is 14.6. The van der Waals surface area contributed by atoms with Crippen LogP contribution >= 0.6 is 78.8 Å². The molecule has 22 heteroatoms. The third-order valence-electron chi connectivity index (χ3n) is 14.4. The van der Waals surface area contributed by atoms with Gasteiger partial charge in [-0.3, -0.25) is 34.0 Å². The van der Waals surface area contributed by atoms with Gasteiger partial charge in [0.25, 0.3) is 5.91 Å². The van der Waals surface area contributed by atoms with Gasteiger partial charge >= 0.3 is 5.97 Å². The minimum Gasteiger partial charge on any atom is -0.464 e. The van der Waals surface area contributed by atoms with Gasteiger partial charge in [0.15, 0.2) is 0 Å². The second-order valence-electron chi connectivity index (χ2n) is 20.5. The van der Waals surface area contributed by atoms with Gasteiger partial charge in [0.1, 0.15) is 18.1 Å². The highest BCUT2D eigenvalue weighted by Gasteiger charge is 2.40. The Labute approximate surface area is 475 Å². The Morgan fingerprint density at radius 1 is 1.05 bits per heavy atom. The topological polar surface area (TPSA) is 172 Å². The Morgan fingerprint density at radius 2 is 1.78 bits per heavy atom.